The molecule has 0 aliphatic carbocycles. The summed E-state index contributed by atoms with van der Waals surface area (Å²) in [5, 5.41) is 10.7. The van der Waals surface area contributed by atoms with E-state index < -0.39 is 15.1 Å². The molecule has 78 valence electrons. The first-order valence-corrected chi connectivity index (χ1v) is 7.00. The van der Waals surface area contributed by atoms with Crippen LogP contribution in [0.3, 0.4) is 0 Å². The van der Waals surface area contributed by atoms with Crippen molar-refractivity contribution in [3.05, 3.63) is 16.1 Å². The molecule has 2 heterocycles. The molecule has 1 aliphatic rings. The van der Waals surface area contributed by atoms with Crippen LogP contribution >= 0.6 is 11.3 Å². The van der Waals surface area contributed by atoms with Gasteiger partial charge in [0.05, 0.1) is 18.1 Å². The zero-order chi connectivity index (χ0) is 10.2. The van der Waals surface area contributed by atoms with Gasteiger partial charge in [-0.05, 0) is 12.8 Å². The molecule has 1 N–H and O–H groups in total. The summed E-state index contributed by atoms with van der Waals surface area (Å²) in [7, 11) is -2.97. The average molecular weight is 233 g/mol. The van der Waals surface area contributed by atoms with Crippen molar-refractivity contribution < 1.29 is 13.5 Å². The van der Waals surface area contributed by atoms with Gasteiger partial charge in [-0.25, -0.2) is 13.4 Å². The molecule has 1 saturated heterocycles. The van der Waals surface area contributed by atoms with Crippen molar-refractivity contribution in [2.75, 3.05) is 5.75 Å². The third-order valence-corrected chi connectivity index (χ3v) is 5.42. The second-order valence-corrected chi connectivity index (χ2v) is 6.57. The topological polar surface area (TPSA) is 67.3 Å². The lowest BCUT2D eigenvalue weighted by molar-refractivity contribution is 0.281. The zero-order valence-electron chi connectivity index (χ0n) is 7.51. The van der Waals surface area contributed by atoms with Gasteiger partial charge >= 0.3 is 0 Å². The largest absolute Gasteiger partial charge is 0.389 e. The van der Waals surface area contributed by atoms with Crippen LogP contribution < -0.4 is 0 Å². The van der Waals surface area contributed by atoms with Gasteiger partial charge in [0.25, 0.3) is 0 Å². The number of sulfone groups is 1. The number of aromatic nitrogens is 1. The molecule has 4 nitrogen and oxygen atoms in total. The molecule has 1 aromatic heterocycles. The predicted molar refractivity (Wildman–Crippen MR) is 53.8 cm³/mol. The maximum Gasteiger partial charge on any atom is 0.158 e. The summed E-state index contributed by atoms with van der Waals surface area (Å²) in [5.41, 5.74) is 0.608. The highest BCUT2D eigenvalue weighted by molar-refractivity contribution is 7.91. The summed E-state index contributed by atoms with van der Waals surface area (Å²) in [6, 6.07) is 0. The Morgan fingerprint density at radius 1 is 1.64 bits per heavy atom. The number of rotatable bonds is 2. The van der Waals surface area contributed by atoms with E-state index >= 15 is 0 Å². The fourth-order valence-electron chi connectivity index (χ4n) is 1.67. The highest BCUT2D eigenvalue weighted by Gasteiger charge is 2.34. The van der Waals surface area contributed by atoms with E-state index in [1.165, 1.54) is 11.3 Å². The Hall–Kier alpha value is -0.460. The van der Waals surface area contributed by atoms with E-state index in [2.05, 4.69) is 4.98 Å². The molecule has 1 unspecified atom stereocenters. The lowest BCUT2D eigenvalue weighted by Crippen LogP contribution is -2.08. The Kier molecular flexibility index (Phi) is 2.59. The molecule has 0 amide bonds. The quantitative estimate of drug-likeness (QED) is 0.823. The SMILES string of the molecule is O=S1(=O)CCCC1c1csc(CO)n1. The van der Waals surface area contributed by atoms with E-state index in [-0.39, 0.29) is 12.4 Å². The molecule has 0 saturated carbocycles. The Morgan fingerprint density at radius 3 is 2.93 bits per heavy atom. The second kappa shape index (κ2) is 3.60. The van der Waals surface area contributed by atoms with Gasteiger partial charge < -0.3 is 5.11 Å². The number of aliphatic hydroxyl groups excluding tert-OH is 1. The van der Waals surface area contributed by atoms with Crippen molar-refractivity contribution in [3.63, 3.8) is 0 Å². The van der Waals surface area contributed by atoms with Gasteiger partial charge in [-0.15, -0.1) is 11.3 Å². The molecule has 1 aromatic rings. The van der Waals surface area contributed by atoms with Gasteiger partial charge in [0, 0.05) is 5.38 Å². The lowest BCUT2D eigenvalue weighted by atomic mass is 10.2. The van der Waals surface area contributed by atoms with Crippen LogP contribution in [0, 0.1) is 0 Å². The van der Waals surface area contributed by atoms with Gasteiger partial charge in [-0.2, -0.15) is 0 Å². The molecular weight excluding hydrogens is 222 g/mol. The second-order valence-electron chi connectivity index (χ2n) is 3.32. The van der Waals surface area contributed by atoms with Crippen molar-refractivity contribution in [3.8, 4) is 0 Å². The van der Waals surface area contributed by atoms with Crippen molar-refractivity contribution >= 4 is 21.2 Å². The van der Waals surface area contributed by atoms with Crippen molar-refractivity contribution in [2.45, 2.75) is 24.7 Å². The highest BCUT2D eigenvalue weighted by atomic mass is 32.2. The van der Waals surface area contributed by atoms with Crippen LogP contribution in [0.1, 0.15) is 28.8 Å². The highest BCUT2D eigenvalue weighted by Crippen LogP contribution is 2.34. The Labute approximate surface area is 86.5 Å². The normalized spacial score (nSPS) is 25.4. The molecule has 0 aromatic carbocycles. The molecule has 14 heavy (non-hydrogen) atoms. The molecule has 1 aliphatic heterocycles. The standard InChI is InChI=1S/C8H11NO3S2/c10-4-8-9-6(5-13-8)7-2-1-3-14(7,11)12/h5,7,10H,1-4H2. The predicted octanol–water partition coefficient (Wildman–Crippen LogP) is 0.885. The molecule has 0 spiro atoms. The van der Waals surface area contributed by atoms with E-state index in [0.717, 1.165) is 6.42 Å². The van der Waals surface area contributed by atoms with Gasteiger partial charge in [0.1, 0.15) is 10.3 Å². The number of hydrogen-bond acceptors (Lipinski definition) is 5. The Morgan fingerprint density at radius 2 is 2.43 bits per heavy atom. The first kappa shape index (κ1) is 10.1. The third kappa shape index (κ3) is 1.69. The molecule has 1 atom stereocenters. The zero-order valence-corrected chi connectivity index (χ0v) is 9.14. The van der Waals surface area contributed by atoms with Gasteiger partial charge in [-0.3, -0.25) is 0 Å². The fraction of sp³-hybridized carbons (Fsp3) is 0.625. The van der Waals surface area contributed by atoms with Crippen LogP contribution in [0.25, 0.3) is 0 Å². The van der Waals surface area contributed by atoms with Crippen LogP contribution in [0.4, 0.5) is 0 Å². The minimum Gasteiger partial charge on any atom is -0.389 e. The van der Waals surface area contributed by atoms with E-state index in [1.807, 2.05) is 0 Å². The van der Waals surface area contributed by atoms with Gasteiger partial charge in [-0.1, -0.05) is 0 Å². The Bertz CT molecular complexity index is 424. The van der Waals surface area contributed by atoms with Crippen molar-refractivity contribution in [1.29, 1.82) is 0 Å². The lowest BCUT2D eigenvalue weighted by Gasteiger charge is -2.04. The number of thiazole rings is 1. The Balaban J connectivity index is 2.31. The maximum absolute atomic E-state index is 11.6. The molecule has 2 rings (SSSR count). The first-order valence-electron chi connectivity index (χ1n) is 4.40. The van der Waals surface area contributed by atoms with E-state index in [9.17, 15) is 8.42 Å². The van der Waals surface area contributed by atoms with Gasteiger partial charge in [0.2, 0.25) is 0 Å². The van der Waals surface area contributed by atoms with Gasteiger partial charge in [0.15, 0.2) is 9.84 Å². The summed E-state index contributed by atoms with van der Waals surface area (Å²) < 4.78 is 23.1. The first-order chi connectivity index (χ1) is 6.63. The van der Waals surface area contributed by atoms with Crippen molar-refractivity contribution in [1.82, 2.24) is 4.98 Å². The van der Waals surface area contributed by atoms with Crippen LogP contribution in [-0.2, 0) is 16.4 Å². The summed E-state index contributed by atoms with van der Waals surface area (Å²) in [4.78, 5) is 4.10. The molecule has 6 heteroatoms. The maximum atomic E-state index is 11.6. The summed E-state index contributed by atoms with van der Waals surface area (Å²) in [6.07, 6.45) is 1.38. The van der Waals surface area contributed by atoms with E-state index in [0.29, 0.717) is 17.1 Å². The molecule has 0 radical (unpaired) electrons. The van der Waals surface area contributed by atoms with Crippen LogP contribution in [-0.4, -0.2) is 24.3 Å². The van der Waals surface area contributed by atoms with Crippen LogP contribution in [0.5, 0.6) is 0 Å². The van der Waals surface area contributed by atoms with E-state index in [4.69, 9.17) is 5.11 Å². The van der Waals surface area contributed by atoms with Crippen LogP contribution in [0.2, 0.25) is 0 Å². The average Bonchev–Trinajstić information content (AvgIpc) is 2.70. The minimum atomic E-state index is -2.97. The number of nitrogens with zero attached hydrogens (tertiary/aromatic N) is 1. The summed E-state index contributed by atoms with van der Waals surface area (Å²) in [5.74, 6) is 0.268. The molecule has 1 fully saturated rings. The summed E-state index contributed by atoms with van der Waals surface area (Å²) in [6.45, 7) is -0.114. The number of aliphatic hydroxyl groups is 1. The smallest absolute Gasteiger partial charge is 0.158 e. The van der Waals surface area contributed by atoms with Crippen molar-refractivity contribution in [2.24, 2.45) is 0 Å². The summed E-state index contributed by atoms with van der Waals surface area (Å²) >= 11 is 1.31. The van der Waals surface area contributed by atoms with E-state index in [1.54, 1.807) is 5.38 Å². The molecular formula is C8H11NO3S2. The minimum absolute atomic E-state index is 0.114. The fourth-order valence-corrected chi connectivity index (χ4v) is 4.33. The van der Waals surface area contributed by atoms with Crippen LogP contribution in [0.15, 0.2) is 5.38 Å². The monoisotopic (exact) mass is 233 g/mol. The third-order valence-electron chi connectivity index (χ3n) is 2.36. The number of hydrogen-bond donors (Lipinski definition) is 1. The molecule has 0 bridgehead atoms.